The Bertz CT molecular complexity index is 440. The van der Waals surface area contributed by atoms with Crippen LogP contribution in [-0.2, 0) is 22.5 Å². The van der Waals surface area contributed by atoms with Crippen LogP contribution in [0.4, 0.5) is 0 Å². The summed E-state index contributed by atoms with van der Waals surface area (Å²) in [6, 6.07) is 0. The fourth-order valence-electron chi connectivity index (χ4n) is 1.19. The van der Waals surface area contributed by atoms with Crippen molar-refractivity contribution < 1.29 is 8.42 Å². The molecule has 0 fully saturated rings. The molecule has 0 saturated carbocycles. The topological polar surface area (TPSA) is 78.0 Å². The number of rotatable bonds is 1. The number of aromatic nitrogens is 2. The van der Waals surface area contributed by atoms with Crippen LogP contribution < -0.4 is 5.14 Å². The van der Waals surface area contributed by atoms with E-state index < -0.39 is 10.0 Å². The highest BCUT2D eigenvalue weighted by Crippen LogP contribution is 2.26. The van der Waals surface area contributed by atoms with Gasteiger partial charge in [0.25, 0.3) is 0 Å². The molecule has 0 unspecified atom stereocenters. The molecule has 14 heavy (non-hydrogen) atoms. The molecule has 1 rings (SSSR count). The minimum Gasteiger partial charge on any atom is -0.274 e. The van der Waals surface area contributed by atoms with E-state index in [9.17, 15) is 8.42 Å². The number of hydrogen-bond acceptors (Lipinski definition) is 3. The third-order valence-corrected chi connectivity index (χ3v) is 2.72. The number of nitrogens with zero attached hydrogens (tertiary/aromatic N) is 2. The maximum absolute atomic E-state index is 11.2. The highest BCUT2D eigenvalue weighted by molar-refractivity contribution is 7.89. The molecular formula is C8H15N3O2S. The van der Waals surface area contributed by atoms with Gasteiger partial charge in [0.05, 0.1) is 5.69 Å². The van der Waals surface area contributed by atoms with Gasteiger partial charge in [-0.2, -0.15) is 5.10 Å². The average molecular weight is 217 g/mol. The molecule has 6 heteroatoms. The molecule has 1 aromatic heterocycles. The Morgan fingerprint density at radius 1 is 1.43 bits per heavy atom. The predicted molar refractivity (Wildman–Crippen MR) is 53.3 cm³/mol. The number of nitrogens with two attached hydrogens (primary N) is 1. The zero-order chi connectivity index (χ0) is 11.1. The molecule has 0 aliphatic rings. The van der Waals surface area contributed by atoms with Crippen LogP contribution in [0, 0.1) is 0 Å². The summed E-state index contributed by atoms with van der Waals surface area (Å²) in [5.74, 6) is 0. The molecule has 0 aliphatic carbocycles. The van der Waals surface area contributed by atoms with Crippen molar-refractivity contribution in [3.63, 3.8) is 0 Å². The van der Waals surface area contributed by atoms with Crippen molar-refractivity contribution in [2.45, 2.75) is 31.1 Å². The van der Waals surface area contributed by atoms with E-state index in [1.54, 1.807) is 7.05 Å². The average Bonchev–Trinajstić information content (AvgIpc) is 2.27. The van der Waals surface area contributed by atoms with Crippen molar-refractivity contribution in [1.82, 2.24) is 9.78 Å². The fraction of sp³-hybridized carbons (Fsp3) is 0.625. The summed E-state index contributed by atoms with van der Waals surface area (Å²) in [7, 11) is -2.01. The normalized spacial score (nSPS) is 13.2. The van der Waals surface area contributed by atoms with E-state index in [0.717, 1.165) is 0 Å². The van der Waals surface area contributed by atoms with Crippen LogP contribution in [0.3, 0.4) is 0 Å². The second kappa shape index (κ2) is 3.06. The van der Waals surface area contributed by atoms with Gasteiger partial charge in [0.2, 0.25) is 10.0 Å². The monoisotopic (exact) mass is 217 g/mol. The molecule has 0 saturated heterocycles. The van der Waals surface area contributed by atoms with Crippen LogP contribution in [0.15, 0.2) is 11.1 Å². The smallest absolute Gasteiger partial charge is 0.241 e. The molecular weight excluding hydrogens is 202 g/mol. The highest BCUT2D eigenvalue weighted by Gasteiger charge is 2.27. The van der Waals surface area contributed by atoms with E-state index in [-0.39, 0.29) is 10.3 Å². The minimum atomic E-state index is -3.68. The van der Waals surface area contributed by atoms with Crippen LogP contribution in [-0.4, -0.2) is 18.2 Å². The summed E-state index contributed by atoms with van der Waals surface area (Å²) in [5.41, 5.74) is 0.172. The Hall–Kier alpha value is -0.880. The Balaban J connectivity index is 3.46. The number of sulfonamides is 1. The van der Waals surface area contributed by atoms with Crippen molar-refractivity contribution in [1.29, 1.82) is 0 Å². The Morgan fingerprint density at radius 3 is 2.21 bits per heavy atom. The third-order valence-electron chi connectivity index (χ3n) is 1.81. The lowest BCUT2D eigenvalue weighted by atomic mass is 9.92. The summed E-state index contributed by atoms with van der Waals surface area (Å²) in [4.78, 5) is 0.104. The zero-order valence-electron chi connectivity index (χ0n) is 8.77. The van der Waals surface area contributed by atoms with Crippen molar-refractivity contribution >= 4 is 10.0 Å². The van der Waals surface area contributed by atoms with Gasteiger partial charge >= 0.3 is 0 Å². The molecule has 0 aromatic carbocycles. The van der Waals surface area contributed by atoms with Crippen LogP contribution in [0.2, 0.25) is 0 Å². The molecule has 0 amide bonds. The molecule has 1 heterocycles. The third kappa shape index (κ3) is 2.13. The Morgan fingerprint density at radius 2 is 1.93 bits per heavy atom. The molecule has 1 aromatic rings. The van der Waals surface area contributed by atoms with E-state index in [4.69, 9.17) is 5.14 Å². The quantitative estimate of drug-likeness (QED) is 0.738. The Kier molecular flexibility index (Phi) is 2.45. The Labute approximate surface area is 84.0 Å². The maximum Gasteiger partial charge on any atom is 0.241 e. The van der Waals surface area contributed by atoms with E-state index >= 15 is 0 Å². The van der Waals surface area contributed by atoms with Gasteiger partial charge in [0.1, 0.15) is 4.90 Å². The maximum atomic E-state index is 11.2. The standard InChI is InChI=1S/C8H15N3O2S/c1-8(2,3)7-6(14(9,12)13)5-11(4)10-7/h5H,1-4H3,(H2,9,12,13). The molecule has 80 valence electrons. The molecule has 0 atom stereocenters. The van der Waals surface area contributed by atoms with Gasteiger partial charge < -0.3 is 0 Å². The van der Waals surface area contributed by atoms with Gasteiger partial charge in [-0.3, -0.25) is 4.68 Å². The predicted octanol–water partition coefficient (Wildman–Crippen LogP) is 0.365. The molecule has 0 radical (unpaired) electrons. The lowest BCUT2D eigenvalue weighted by Gasteiger charge is -2.16. The molecule has 2 N–H and O–H groups in total. The first-order chi connectivity index (χ1) is 6.12. The summed E-state index contributed by atoms with van der Waals surface area (Å²) in [6.07, 6.45) is 1.43. The highest BCUT2D eigenvalue weighted by atomic mass is 32.2. The summed E-state index contributed by atoms with van der Waals surface area (Å²) in [6.45, 7) is 5.68. The van der Waals surface area contributed by atoms with Crippen molar-refractivity contribution in [2.75, 3.05) is 0 Å². The van der Waals surface area contributed by atoms with E-state index in [1.165, 1.54) is 10.9 Å². The second-order valence-electron chi connectivity index (χ2n) is 4.31. The first kappa shape index (κ1) is 11.2. The summed E-state index contributed by atoms with van der Waals surface area (Å²) in [5, 5.41) is 9.19. The van der Waals surface area contributed by atoms with E-state index in [2.05, 4.69) is 5.10 Å². The number of hydrogen-bond donors (Lipinski definition) is 1. The van der Waals surface area contributed by atoms with Crippen molar-refractivity contribution in [2.24, 2.45) is 12.2 Å². The van der Waals surface area contributed by atoms with Gasteiger partial charge in [0, 0.05) is 18.7 Å². The molecule has 5 nitrogen and oxygen atoms in total. The lowest BCUT2D eigenvalue weighted by Crippen LogP contribution is -2.20. The van der Waals surface area contributed by atoms with Gasteiger partial charge in [-0.25, -0.2) is 13.6 Å². The minimum absolute atomic E-state index is 0.104. The van der Waals surface area contributed by atoms with Crippen LogP contribution >= 0.6 is 0 Å². The van der Waals surface area contributed by atoms with Gasteiger partial charge in [-0.1, -0.05) is 20.8 Å². The SMILES string of the molecule is Cn1cc(S(N)(=O)=O)c(C(C)(C)C)n1. The molecule has 0 aliphatic heterocycles. The van der Waals surface area contributed by atoms with Crippen LogP contribution in [0.5, 0.6) is 0 Å². The second-order valence-corrected chi connectivity index (χ2v) is 5.84. The van der Waals surface area contributed by atoms with E-state index in [0.29, 0.717) is 5.69 Å². The molecule has 0 spiro atoms. The summed E-state index contributed by atoms with van der Waals surface area (Å²) >= 11 is 0. The number of aryl methyl sites for hydroxylation is 1. The van der Waals surface area contributed by atoms with Gasteiger partial charge in [0.15, 0.2) is 0 Å². The first-order valence-corrected chi connectivity index (χ1v) is 5.74. The largest absolute Gasteiger partial charge is 0.274 e. The fourth-order valence-corrected chi connectivity index (χ4v) is 2.11. The van der Waals surface area contributed by atoms with Gasteiger partial charge in [-0.05, 0) is 0 Å². The van der Waals surface area contributed by atoms with Crippen molar-refractivity contribution in [3.05, 3.63) is 11.9 Å². The summed E-state index contributed by atoms with van der Waals surface area (Å²) < 4.78 is 23.9. The van der Waals surface area contributed by atoms with Crippen LogP contribution in [0.25, 0.3) is 0 Å². The van der Waals surface area contributed by atoms with E-state index in [1.807, 2.05) is 20.8 Å². The van der Waals surface area contributed by atoms with Gasteiger partial charge in [-0.15, -0.1) is 0 Å². The van der Waals surface area contributed by atoms with Crippen molar-refractivity contribution in [3.8, 4) is 0 Å². The zero-order valence-corrected chi connectivity index (χ0v) is 9.59. The van der Waals surface area contributed by atoms with Crippen LogP contribution in [0.1, 0.15) is 26.5 Å². The molecule has 0 bridgehead atoms. The first-order valence-electron chi connectivity index (χ1n) is 4.19. The number of primary sulfonamides is 1. The lowest BCUT2D eigenvalue weighted by molar-refractivity contribution is 0.538.